The number of nitrogens with one attached hydrogen (secondary N) is 1. The minimum atomic E-state index is -0.355. The quantitative estimate of drug-likeness (QED) is 0.280. The molecule has 0 bridgehead atoms. The van der Waals surface area contributed by atoms with E-state index in [9.17, 15) is 9.59 Å². The highest BCUT2D eigenvalue weighted by atomic mass is 16.2. The van der Waals surface area contributed by atoms with Gasteiger partial charge in [-0.05, 0) is 71.3 Å². The minimum absolute atomic E-state index is 0.227. The maximum absolute atomic E-state index is 13.8. The van der Waals surface area contributed by atoms with Crippen molar-refractivity contribution in [3.63, 3.8) is 0 Å². The molecule has 7 rings (SSSR count). The molecule has 4 heterocycles. The smallest absolute Gasteiger partial charge is 0.278 e. The van der Waals surface area contributed by atoms with Crippen LogP contribution in [-0.4, -0.2) is 35.4 Å². The number of pyridine rings is 2. The zero-order valence-corrected chi connectivity index (χ0v) is 22.8. The molecule has 0 spiro atoms. The first-order valence-corrected chi connectivity index (χ1v) is 13.6. The van der Waals surface area contributed by atoms with Gasteiger partial charge in [0, 0.05) is 30.7 Å². The van der Waals surface area contributed by atoms with Gasteiger partial charge in [0.25, 0.3) is 11.5 Å². The summed E-state index contributed by atoms with van der Waals surface area (Å²) in [7, 11) is 0. The van der Waals surface area contributed by atoms with Gasteiger partial charge in [0.1, 0.15) is 16.9 Å². The molecule has 0 aliphatic carbocycles. The normalized spacial score (nSPS) is 11.1. The average Bonchev–Trinajstić information content (AvgIpc) is 3.05. The van der Waals surface area contributed by atoms with Gasteiger partial charge in [-0.25, -0.2) is 15.0 Å². The van der Waals surface area contributed by atoms with Crippen LogP contribution in [0.25, 0.3) is 39.0 Å². The molecular formula is C34H23N7O2. The molecule has 0 saturated carbocycles. The van der Waals surface area contributed by atoms with E-state index in [0.29, 0.717) is 40.2 Å². The molecule has 0 radical (unpaired) electrons. The third-order valence-electron chi connectivity index (χ3n) is 7.02. The van der Waals surface area contributed by atoms with Crippen LogP contribution in [0.15, 0.2) is 127 Å². The molecule has 1 N–H and O–H groups in total. The fourth-order valence-corrected chi connectivity index (χ4v) is 4.98. The Hall–Kier alpha value is -6.09. The fourth-order valence-electron chi connectivity index (χ4n) is 4.98. The van der Waals surface area contributed by atoms with Crippen molar-refractivity contribution in [1.82, 2.24) is 29.5 Å². The summed E-state index contributed by atoms with van der Waals surface area (Å²) in [5.41, 5.74) is 6.72. The summed E-state index contributed by atoms with van der Waals surface area (Å²) in [5.74, 6) is -0.355. The van der Waals surface area contributed by atoms with Crippen LogP contribution in [0.2, 0.25) is 0 Å². The largest absolute Gasteiger partial charge is 0.321 e. The molecule has 4 aromatic heterocycles. The third-order valence-corrected chi connectivity index (χ3v) is 7.02. The van der Waals surface area contributed by atoms with Crippen LogP contribution >= 0.6 is 0 Å². The van der Waals surface area contributed by atoms with E-state index in [0.717, 1.165) is 22.2 Å². The van der Waals surface area contributed by atoms with Crippen molar-refractivity contribution >= 4 is 33.8 Å². The first-order chi connectivity index (χ1) is 21.1. The molecule has 0 saturated heterocycles. The van der Waals surface area contributed by atoms with E-state index in [1.165, 1.54) is 6.20 Å². The van der Waals surface area contributed by atoms with Crippen LogP contribution in [0.3, 0.4) is 0 Å². The van der Waals surface area contributed by atoms with Crippen LogP contribution in [0.5, 0.6) is 0 Å². The van der Waals surface area contributed by atoms with Gasteiger partial charge in [-0.2, -0.15) is 0 Å². The number of carbonyl (C=O) groups is 1. The summed E-state index contributed by atoms with van der Waals surface area (Å²) >= 11 is 0. The minimum Gasteiger partial charge on any atom is -0.321 e. The van der Waals surface area contributed by atoms with E-state index in [4.69, 9.17) is 0 Å². The first-order valence-electron chi connectivity index (χ1n) is 13.6. The number of anilines is 1. The van der Waals surface area contributed by atoms with Gasteiger partial charge in [0.05, 0.1) is 22.9 Å². The maximum Gasteiger partial charge on any atom is 0.278 e. The predicted molar refractivity (Wildman–Crippen MR) is 165 cm³/mol. The van der Waals surface area contributed by atoms with Gasteiger partial charge < -0.3 is 5.32 Å². The van der Waals surface area contributed by atoms with E-state index < -0.39 is 0 Å². The number of amides is 1. The summed E-state index contributed by atoms with van der Waals surface area (Å²) in [6.45, 7) is 0. The molecule has 0 aliphatic rings. The fraction of sp³-hybridized carbons (Fsp3) is 0.0294. The van der Waals surface area contributed by atoms with Crippen molar-refractivity contribution in [1.29, 1.82) is 0 Å². The second-order valence-electron chi connectivity index (χ2n) is 9.91. The Morgan fingerprint density at radius 1 is 0.721 bits per heavy atom. The highest BCUT2D eigenvalue weighted by molar-refractivity contribution is 6.03. The summed E-state index contributed by atoms with van der Waals surface area (Å²) < 4.78 is 1.60. The molecule has 0 unspecified atom stereocenters. The van der Waals surface area contributed by atoms with Gasteiger partial charge in [-0.15, -0.1) is 0 Å². The van der Waals surface area contributed by atoms with E-state index in [2.05, 4.69) is 30.2 Å². The van der Waals surface area contributed by atoms with Crippen molar-refractivity contribution in [2.24, 2.45) is 0 Å². The van der Waals surface area contributed by atoms with Crippen molar-refractivity contribution in [2.45, 2.75) is 6.42 Å². The first kappa shape index (κ1) is 25.8. The van der Waals surface area contributed by atoms with Crippen molar-refractivity contribution in [3.8, 4) is 16.8 Å². The molecule has 0 aliphatic heterocycles. The monoisotopic (exact) mass is 561 g/mol. The molecule has 9 heteroatoms. The van der Waals surface area contributed by atoms with Crippen molar-refractivity contribution < 1.29 is 4.79 Å². The molecule has 43 heavy (non-hydrogen) atoms. The van der Waals surface area contributed by atoms with Crippen LogP contribution in [0.1, 0.15) is 21.7 Å². The molecular weight excluding hydrogens is 538 g/mol. The molecule has 206 valence electrons. The zero-order chi connectivity index (χ0) is 29.2. The third kappa shape index (κ3) is 5.22. The van der Waals surface area contributed by atoms with E-state index in [-0.39, 0.29) is 17.2 Å². The standard InChI is InChI=1S/C34H23N7O2/c42-33(31-21-37-27-12-1-2-13-28(27)39-31)38-25-10-3-8-23(18-25)24-9-4-11-26(19-24)41-32-29(14-6-16-36-32)40-30(34(41)43)17-22-7-5-15-35-20-22/h1-16,18-21H,17H2,(H,38,42). The van der Waals surface area contributed by atoms with Crippen molar-refractivity contribution in [2.75, 3.05) is 5.32 Å². The summed E-state index contributed by atoms with van der Waals surface area (Å²) in [6, 6.07) is 30.0. The molecule has 3 aromatic carbocycles. The summed E-state index contributed by atoms with van der Waals surface area (Å²) in [5, 5.41) is 2.92. The van der Waals surface area contributed by atoms with Gasteiger partial charge in [0.15, 0.2) is 5.65 Å². The number of fused-ring (bicyclic) bond motifs is 2. The molecule has 1 amide bonds. The number of rotatable bonds is 6. The molecule has 7 aromatic rings. The Balaban J connectivity index is 1.23. The van der Waals surface area contributed by atoms with Gasteiger partial charge in [-0.1, -0.05) is 42.5 Å². The average molecular weight is 562 g/mol. The second-order valence-corrected chi connectivity index (χ2v) is 9.91. The SMILES string of the molecule is O=C(Nc1cccc(-c2cccc(-n3c(=O)c(Cc4cccnc4)nc4cccnc43)c2)c1)c1cnc2ccccc2n1. The van der Waals surface area contributed by atoms with Crippen LogP contribution in [-0.2, 0) is 6.42 Å². The maximum atomic E-state index is 13.8. The second kappa shape index (κ2) is 11.1. The Labute approximate surface area is 245 Å². The van der Waals surface area contributed by atoms with Crippen LogP contribution in [0, 0.1) is 0 Å². The van der Waals surface area contributed by atoms with Gasteiger partial charge >= 0.3 is 0 Å². The lowest BCUT2D eigenvalue weighted by Crippen LogP contribution is -2.25. The lowest BCUT2D eigenvalue weighted by molar-refractivity contribution is 0.102. The number of hydrogen-bond acceptors (Lipinski definition) is 7. The molecule has 0 atom stereocenters. The molecule has 0 fully saturated rings. The lowest BCUT2D eigenvalue weighted by Gasteiger charge is -2.13. The summed E-state index contributed by atoms with van der Waals surface area (Å²) in [4.78, 5) is 48.9. The topological polar surface area (TPSA) is 116 Å². The summed E-state index contributed by atoms with van der Waals surface area (Å²) in [6.07, 6.45) is 6.90. The number of para-hydroxylation sites is 2. The van der Waals surface area contributed by atoms with E-state index in [1.54, 1.807) is 29.2 Å². The van der Waals surface area contributed by atoms with Crippen molar-refractivity contribution in [3.05, 3.63) is 149 Å². The Bertz CT molecular complexity index is 2200. The zero-order valence-electron chi connectivity index (χ0n) is 22.8. The Kier molecular flexibility index (Phi) is 6.65. The number of hydrogen-bond donors (Lipinski definition) is 1. The number of carbonyl (C=O) groups excluding carboxylic acids is 1. The predicted octanol–water partition coefficient (Wildman–Crippen LogP) is 5.63. The lowest BCUT2D eigenvalue weighted by atomic mass is 10.0. The number of nitrogens with zero attached hydrogens (tertiary/aromatic N) is 6. The highest BCUT2D eigenvalue weighted by Crippen LogP contribution is 2.26. The Morgan fingerprint density at radius 2 is 1.51 bits per heavy atom. The van der Waals surface area contributed by atoms with Gasteiger partial charge in [0.2, 0.25) is 0 Å². The van der Waals surface area contributed by atoms with Gasteiger partial charge in [-0.3, -0.25) is 24.1 Å². The van der Waals surface area contributed by atoms with E-state index >= 15 is 0 Å². The number of benzene rings is 3. The highest BCUT2D eigenvalue weighted by Gasteiger charge is 2.15. The van der Waals surface area contributed by atoms with E-state index in [1.807, 2.05) is 91.0 Å². The van der Waals surface area contributed by atoms with Crippen LogP contribution < -0.4 is 10.9 Å². The van der Waals surface area contributed by atoms with Crippen LogP contribution in [0.4, 0.5) is 5.69 Å². The number of aromatic nitrogens is 6. The molecule has 9 nitrogen and oxygen atoms in total. The Morgan fingerprint density at radius 3 is 2.37 bits per heavy atom.